The van der Waals surface area contributed by atoms with Gasteiger partial charge in [0.05, 0.1) is 17.4 Å². The Bertz CT molecular complexity index is 1890. The number of amides is 1. The van der Waals surface area contributed by atoms with E-state index >= 15 is 0 Å². The molecule has 2 atom stereocenters. The molecule has 5 rings (SSSR count). The number of carbonyl (C=O) groups excluding carboxylic acids is 1. The topological polar surface area (TPSA) is 125 Å². The maximum atomic E-state index is 12.7. The molecule has 3 aromatic carbocycles. The molecule has 0 saturated carbocycles. The fourth-order valence-corrected chi connectivity index (χ4v) is 6.59. The first-order valence-electron chi connectivity index (χ1n) is 16.1. The molecule has 0 aliphatic carbocycles. The third-order valence-corrected chi connectivity index (χ3v) is 9.66. The van der Waals surface area contributed by atoms with Gasteiger partial charge < -0.3 is 20.3 Å². The van der Waals surface area contributed by atoms with Crippen LogP contribution in [-0.2, 0) is 40.7 Å². The zero-order valence-electron chi connectivity index (χ0n) is 27.6. The van der Waals surface area contributed by atoms with Crippen LogP contribution in [0.2, 0.25) is 0 Å². The summed E-state index contributed by atoms with van der Waals surface area (Å²) in [5.41, 5.74) is 6.66. The summed E-state index contributed by atoms with van der Waals surface area (Å²) in [6.45, 7) is 7.05. The summed E-state index contributed by atoms with van der Waals surface area (Å²) in [6, 6.07) is 31.9. The number of carbonyl (C=O) groups is 1. The summed E-state index contributed by atoms with van der Waals surface area (Å²) in [5.74, 6) is 0.708. The lowest BCUT2D eigenvalue weighted by Gasteiger charge is -2.18. The molecule has 0 radical (unpaired) electrons. The van der Waals surface area contributed by atoms with Gasteiger partial charge in [-0.05, 0) is 79.8 Å². The average molecular weight is 666 g/mol. The Kier molecular flexibility index (Phi) is 11.6. The van der Waals surface area contributed by atoms with E-state index in [-0.39, 0.29) is 29.8 Å². The molecule has 1 amide bonds. The number of aliphatic hydroxyl groups excluding tert-OH is 1. The summed E-state index contributed by atoms with van der Waals surface area (Å²) >= 11 is 0. The van der Waals surface area contributed by atoms with Crippen molar-refractivity contribution in [3.05, 3.63) is 149 Å². The van der Waals surface area contributed by atoms with Crippen molar-refractivity contribution in [2.24, 2.45) is 0 Å². The number of aliphatic hydroxyl groups is 1. The molecule has 5 aromatic rings. The minimum Gasteiger partial charge on any atom is -0.387 e. The van der Waals surface area contributed by atoms with Crippen molar-refractivity contribution in [3.63, 3.8) is 0 Å². The molecular weight excluding hydrogens is 623 g/mol. The summed E-state index contributed by atoms with van der Waals surface area (Å²) in [6.07, 6.45) is 2.01. The molecule has 0 bridgehead atoms. The van der Waals surface area contributed by atoms with E-state index in [2.05, 4.69) is 44.0 Å². The van der Waals surface area contributed by atoms with E-state index in [9.17, 15) is 18.3 Å². The Balaban J connectivity index is 1.05. The number of nitrogens with one attached hydrogen (secondary N) is 3. The molecular formula is C38H43N5O4S. The normalized spacial score (nSPS) is 12.8. The lowest BCUT2D eigenvalue weighted by Crippen LogP contribution is -2.32. The summed E-state index contributed by atoms with van der Waals surface area (Å²) in [5, 5.41) is 17.1. The van der Waals surface area contributed by atoms with E-state index < -0.39 is 16.1 Å². The molecule has 0 fully saturated rings. The lowest BCUT2D eigenvalue weighted by atomic mass is 10.0. The second-order valence-electron chi connectivity index (χ2n) is 12.2. The van der Waals surface area contributed by atoms with Crippen LogP contribution in [0.25, 0.3) is 5.82 Å². The van der Waals surface area contributed by atoms with Gasteiger partial charge in [-0.25, -0.2) is 18.1 Å². The molecule has 48 heavy (non-hydrogen) atoms. The van der Waals surface area contributed by atoms with Gasteiger partial charge in [-0.3, -0.25) is 4.79 Å². The number of hydrogen-bond acceptors (Lipinski definition) is 6. The van der Waals surface area contributed by atoms with Crippen molar-refractivity contribution in [2.45, 2.75) is 63.7 Å². The highest BCUT2D eigenvalue weighted by molar-refractivity contribution is 7.89. The van der Waals surface area contributed by atoms with Gasteiger partial charge in [0.1, 0.15) is 5.82 Å². The van der Waals surface area contributed by atoms with E-state index in [1.165, 1.54) is 0 Å². The molecule has 2 aromatic heterocycles. The number of aryl methyl sites for hydroxylation is 2. The van der Waals surface area contributed by atoms with E-state index in [4.69, 9.17) is 0 Å². The van der Waals surface area contributed by atoms with Gasteiger partial charge in [0.25, 0.3) is 0 Å². The molecule has 9 nitrogen and oxygen atoms in total. The molecule has 0 saturated heterocycles. The van der Waals surface area contributed by atoms with E-state index in [1.807, 2.05) is 80.6 Å². The highest BCUT2D eigenvalue weighted by atomic mass is 32.2. The SMILES string of the molecule is Cc1ccc(C)n1-c1ccc([C@@H](O)CN[C@H](C)Cc2cccc(CC(=O)NCc3ccc(S(=O)(=O)NCc4ccccc4)cc3)c2)cn1. The largest absolute Gasteiger partial charge is 0.387 e. The van der Waals surface area contributed by atoms with Crippen LogP contribution < -0.4 is 15.4 Å². The van der Waals surface area contributed by atoms with Gasteiger partial charge in [0, 0.05) is 48.8 Å². The quantitative estimate of drug-likeness (QED) is 0.124. The lowest BCUT2D eigenvalue weighted by molar-refractivity contribution is -0.120. The third-order valence-electron chi connectivity index (χ3n) is 8.25. The van der Waals surface area contributed by atoms with Gasteiger partial charge in [-0.1, -0.05) is 72.8 Å². The average Bonchev–Trinajstić information content (AvgIpc) is 3.43. The molecule has 0 aliphatic heterocycles. The molecule has 4 N–H and O–H groups in total. The molecule has 0 aliphatic rings. The number of hydrogen-bond donors (Lipinski definition) is 4. The minimum absolute atomic E-state index is 0.0986. The maximum Gasteiger partial charge on any atom is 0.240 e. The summed E-state index contributed by atoms with van der Waals surface area (Å²) in [7, 11) is -3.65. The first-order chi connectivity index (χ1) is 23.1. The number of nitrogens with zero attached hydrogens (tertiary/aromatic N) is 2. The molecule has 0 spiro atoms. The van der Waals surface area contributed by atoms with E-state index in [1.54, 1.807) is 30.5 Å². The molecule has 10 heteroatoms. The Hall–Kier alpha value is -4.61. The van der Waals surface area contributed by atoms with E-state index in [0.717, 1.165) is 51.4 Å². The molecule has 2 heterocycles. The maximum absolute atomic E-state index is 12.7. The van der Waals surface area contributed by atoms with Crippen LogP contribution >= 0.6 is 0 Å². The predicted molar refractivity (Wildman–Crippen MR) is 188 cm³/mol. The van der Waals surface area contributed by atoms with Crippen molar-refractivity contribution >= 4 is 15.9 Å². The van der Waals surface area contributed by atoms with Crippen molar-refractivity contribution in [1.29, 1.82) is 0 Å². The number of aromatic nitrogens is 2. The molecule has 0 unspecified atom stereocenters. The summed E-state index contributed by atoms with van der Waals surface area (Å²) < 4.78 is 30.0. The summed E-state index contributed by atoms with van der Waals surface area (Å²) in [4.78, 5) is 17.5. The van der Waals surface area contributed by atoms with Crippen LogP contribution in [0, 0.1) is 13.8 Å². The second-order valence-corrected chi connectivity index (χ2v) is 13.9. The van der Waals surface area contributed by atoms with Crippen LogP contribution in [0.3, 0.4) is 0 Å². The predicted octanol–water partition coefficient (Wildman–Crippen LogP) is 5.08. The number of sulfonamides is 1. The number of rotatable bonds is 15. The number of benzene rings is 3. The Morgan fingerprint density at radius 3 is 2.17 bits per heavy atom. The van der Waals surface area contributed by atoms with Crippen molar-refractivity contribution in [1.82, 2.24) is 24.9 Å². The minimum atomic E-state index is -3.65. The Morgan fingerprint density at radius 2 is 1.48 bits per heavy atom. The number of pyridine rings is 1. The van der Waals surface area contributed by atoms with E-state index in [0.29, 0.717) is 13.1 Å². The first-order valence-corrected chi connectivity index (χ1v) is 17.6. The van der Waals surface area contributed by atoms with Gasteiger partial charge in [-0.15, -0.1) is 0 Å². The van der Waals surface area contributed by atoms with Gasteiger partial charge in [-0.2, -0.15) is 0 Å². The van der Waals surface area contributed by atoms with Crippen molar-refractivity contribution < 1.29 is 18.3 Å². The monoisotopic (exact) mass is 665 g/mol. The van der Waals surface area contributed by atoms with Gasteiger partial charge in [0.2, 0.25) is 15.9 Å². The third kappa shape index (κ3) is 9.48. The fourth-order valence-electron chi connectivity index (χ4n) is 5.57. The zero-order valence-corrected chi connectivity index (χ0v) is 28.4. The van der Waals surface area contributed by atoms with Gasteiger partial charge in [0.15, 0.2) is 0 Å². The first kappa shape index (κ1) is 34.7. The van der Waals surface area contributed by atoms with Crippen LogP contribution in [0.5, 0.6) is 0 Å². The highest BCUT2D eigenvalue weighted by Crippen LogP contribution is 2.18. The van der Waals surface area contributed by atoms with Crippen LogP contribution in [-0.4, -0.2) is 41.6 Å². The van der Waals surface area contributed by atoms with Crippen molar-refractivity contribution in [2.75, 3.05) is 6.54 Å². The standard InChI is InChI=1S/C38H43N5O4S/c1-27(39-26-36(44)34-16-19-37(40-25-34)43-28(2)12-13-29(43)3)20-32-10-7-11-33(21-32)22-38(45)41-23-31-14-17-35(18-15-31)48(46,47)42-24-30-8-5-4-6-9-30/h4-19,21,25,27,36,39,42,44H,20,22-24,26H2,1-3H3,(H,41,45)/t27-,36+/m1/s1. The Labute approximate surface area is 283 Å². The molecule has 250 valence electrons. The Morgan fingerprint density at radius 1 is 0.812 bits per heavy atom. The van der Waals surface area contributed by atoms with Crippen LogP contribution in [0.1, 0.15) is 52.2 Å². The van der Waals surface area contributed by atoms with Crippen LogP contribution in [0.4, 0.5) is 0 Å². The smallest absolute Gasteiger partial charge is 0.240 e. The van der Waals surface area contributed by atoms with Crippen molar-refractivity contribution in [3.8, 4) is 5.82 Å². The zero-order chi connectivity index (χ0) is 34.1. The fraction of sp³-hybridized carbons (Fsp3) is 0.263. The van der Waals surface area contributed by atoms with Crippen LogP contribution in [0.15, 0.2) is 114 Å². The highest BCUT2D eigenvalue weighted by Gasteiger charge is 2.15. The van der Waals surface area contributed by atoms with Gasteiger partial charge >= 0.3 is 0 Å². The second kappa shape index (κ2) is 16.0.